The highest BCUT2D eigenvalue weighted by Crippen LogP contribution is 2.24. The molecule has 0 radical (unpaired) electrons. The molecule has 2 heterocycles. The van der Waals surface area contributed by atoms with E-state index in [1.807, 2.05) is 17.8 Å². The third-order valence-corrected chi connectivity index (χ3v) is 4.55. The van der Waals surface area contributed by atoms with Crippen molar-refractivity contribution in [2.24, 2.45) is 0 Å². The third kappa shape index (κ3) is 3.43. The summed E-state index contributed by atoms with van der Waals surface area (Å²) in [5.74, 6) is 0.412. The zero-order valence-electron chi connectivity index (χ0n) is 11.6. The van der Waals surface area contributed by atoms with Crippen LogP contribution in [0.25, 0.3) is 0 Å². The quantitative estimate of drug-likeness (QED) is 0.824. The molecule has 0 amide bonds. The van der Waals surface area contributed by atoms with Crippen molar-refractivity contribution in [2.45, 2.75) is 39.3 Å². The lowest BCUT2D eigenvalue weighted by molar-refractivity contribution is 0.119. The van der Waals surface area contributed by atoms with Crippen molar-refractivity contribution in [3.63, 3.8) is 0 Å². The van der Waals surface area contributed by atoms with Gasteiger partial charge in [0.05, 0.1) is 22.4 Å². The SMILES string of the molecule is CO[C@H](C)c1nc(Cn2cc(Br)c(C(C)C)n2)cs1. The maximum atomic E-state index is 5.27. The molecular weight excluding hydrogens is 326 g/mol. The molecule has 0 aliphatic heterocycles. The summed E-state index contributed by atoms with van der Waals surface area (Å²) in [7, 11) is 1.70. The van der Waals surface area contributed by atoms with E-state index in [0.717, 1.165) is 20.9 Å². The van der Waals surface area contributed by atoms with Crippen LogP contribution in [0.2, 0.25) is 0 Å². The summed E-state index contributed by atoms with van der Waals surface area (Å²) in [6, 6.07) is 0. The molecule has 2 aromatic rings. The van der Waals surface area contributed by atoms with Crippen LogP contribution in [0.4, 0.5) is 0 Å². The van der Waals surface area contributed by atoms with Crippen LogP contribution in [-0.4, -0.2) is 21.9 Å². The molecule has 0 N–H and O–H groups in total. The first-order valence-corrected chi connectivity index (χ1v) is 7.88. The largest absolute Gasteiger partial charge is 0.375 e. The van der Waals surface area contributed by atoms with Gasteiger partial charge in [-0.25, -0.2) is 4.98 Å². The van der Waals surface area contributed by atoms with E-state index in [1.165, 1.54) is 0 Å². The number of nitrogens with zero attached hydrogens (tertiary/aromatic N) is 3. The van der Waals surface area contributed by atoms with E-state index in [2.05, 4.69) is 45.2 Å². The van der Waals surface area contributed by atoms with E-state index >= 15 is 0 Å². The third-order valence-electron chi connectivity index (χ3n) is 2.88. The van der Waals surface area contributed by atoms with Crippen molar-refractivity contribution in [1.29, 1.82) is 0 Å². The molecule has 0 saturated heterocycles. The van der Waals surface area contributed by atoms with Crippen molar-refractivity contribution in [2.75, 3.05) is 7.11 Å². The van der Waals surface area contributed by atoms with E-state index in [4.69, 9.17) is 4.74 Å². The van der Waals surface area contributed by atoms with Gasteiger partial charge in [0.2, 0.25) is 0 Å². The molecule has 0 aliphatic carbocycles. The topological polar surface area (TPSA) is 39.9 Å². The van der Waals surface area contributed by atoms with E-state index in [9.17, 15) is 0 Å². The average Bonchev–Trinajstić information content (AvgIpc) is 2.95. The van der Waals surface area contributed by atoms with Crippen LogP contribution in [0.15, 0.2) is 16.0 Å². The molecule has 6 heteroatoms. The lowest BCUT2D eigenvalue weighted by atomic mass is 10.1. The Labute approximate surface area is 125 Å². The van der Waals surface area contributed by atoms with Crippen molar-refractivity contribution in [1.82, 2.24) is 14.8 Å². The zero-order valence-corrected chi connectivity index (χ0v) is 14.0. The summed E-state index contributed by atoms with van der Waals surface area (Å²) >= 11 is 5.18. The first-order valence-electron chi connectivity index (χ1n) is 6.21. The molecule has 0 unspecified atom stereocenters. The molecular formula is C13H18BrN3OS. The molecule has 0 aromatic carbocycles. The lowest BCUT2D eigenvalue weighted by Gasteiger charge is -2.04. The van der Waals surface area contributed by atoms with E-state index < -0.39 is 0 Å². The van der Waals surface area contributed by atoms with E-state index in [0.29, 0.717) is 12.5 Å². The summed E-state index contributed by atoms with van der Waals surface area (Å²) in [4.78, 5) is 4.58. The Morgan fingerprint density at radius 3 is 2.74 bits per heavy atom. The predicted molar refractivity (Wildman–Crippen MR) is 80.7 cm³/mol. The van der Waals surface area contributed by atoms with Crippen molar-refractivity contribution in [3.8, 4) is 0 Å². The minimum absolute atomic E-state index is 0.0503. The number of hydrogen-bond acceptors (Lipinski definition) is 4. The fourth-order valence-electron chi connectivity index (χ4n) is 1.73. The van der Waals surface area contributed by atoms with Gasteiger partial charge in [0, 0.05) is 18.7 Å². The molecule has 0 fully saturated rings. The Balaban J connectivity index is 2.13. The van der Waals surface area contributed by atoms with Gasteiger partial charge < -0.3 is 4.74 Å². The number of ether oxygens (including phenoxy) is 1. The minimum atomic E-state index is 0.0503. The molecule has 0 saturated carbocycles. The van der Waals surface area contributed by atoms with Crippen LogP contribution in [0.5, 0.6) is 0 Å². The molecule has 1 atom stereocenters. The molecule has 0 aliphatic rings. The molecule has 104 valence electrons. The predicted octanol–water partition coefficient (Wildman–Crippen LogP) is 3.98. The molecule has 4 nitrogen and oxygen atoms in total. The van der Waals surface area contributed by atoms with Gasteiger partial charge in [-0.05, 0) is 28.8 Å². The summed E-state index contributed by atoms with van der Waals surface area (Å²) in [5.41, 5.74) is 2.11. The highest BCUT2D eigenvalue weighted by atomic mass is 79.9. The number of methoxy groups -OCH3 is 1. The Morgan fingerprint density at radius 1 is 1.42 bits per heavy atom. The highest BCUT2D eigenvalue weighted by molar-refractivity contribution is 9.10. The van der Waals surface area contributed by atoms with Gasteiger partial charge in [0.25, 0.3) is 0 Å². The number of hydrogen-bond donors (Lipinski definition) is 0. The van der Waals surface area contributed by atoms with Gasteiger partial charge in [-0.3, -0.25) is 4.68 Å². The zero-order chi connectivity index (χ0) is 14.0. The minimum Gasteiger partial charge on any atom is -0.375 e. The van der Waals surface area contributed by atoms with Gasteiger partial charge in [0.1, 0.15) is 11.1 Å². The number of halogens is 1. The standard InChI is InChI=1S/C13H18BrN3OS/c1-8(2)12-11(14)6-17(16-12)5-10-7-19-13(15-10)9(3)18-4/h6-9H,5H2,1-4H3/t9-/m1/s1. The van der Waals surface area contributed by atoms with Crippen LogP contribution in [-0.2, 0) is 11.3 Å². The average molecular weight is 344 g/mol. The second kappa shape index (κ2) is 6.15. The number of rotatable bonds is 5. The van der Waals surface area contributed by atoms with Crippen molar-refractivity contribution >= 4 is 27.3 Å². The second-order valence-corrected chi connectivity index (χ2v) is 6.51. The van der Waals surface area contributed by atoms with Crippen LogP contribution in [0.3, 0.4) is 0 Å². The molecule has 0 bridgehead atoms. The first-order chi connectivity index (χ1) is 9.01. The maximum Gasteiger partial charge on any atom is 0.122 e. The molecule has 2 aromatic heterocycles. The summed E-state index contributed by atoms with van der Waals surface area (Å²) in [5, 5.41) is 7.65. The second-order valence-electron chi connectivity index (χ2n) is 4.77. The lowest BCUT2D eigenvalue weighted by Crippen LogP contribution is -2.03. The Kier molecular flexibility index (Phi) is 4.76. The Bertz CT molecular complexity index is 550. The van der Waals surface area contributed by atoms with Gasteiger partial charge in [-0.15, -0.1) is 11.3 Å². The normalized spacial score (nSPS) is 13.2. The van der Waals surface area contributed by atoms with Gasteiger partial charge in [0.15, 0.2) is 0 Å². The molecule has 19 heavy (non-hydrogen) atoms. The number of aromatic nitrogens is 3. The Hall–Kier alpha value is -0.720. The summed E-state index contributed by atoms with van der Waals surface area (Å²) in [6.45, 7) is 6.97. The highest BCUT2D eigenvalue weighted by Gasteiger charge is 2.13. The van der Waals surface area contributed by atoms with Gasteiger partial charge in [-0.1, -0.05) is 13.8 Å². The van der Waals surface area contributed by atoms with Crippen LogP contribution in [0.1, 0.15) is 49.2 Å². The summed E-state index contributed by atoms with van der Waals surface area (Å²) in [6.07, 6.45) is 2.06. The van der Waals surface area contributed by atoms with E-state index in [-0.39, 0.29) is 6.10 Å². The van der Waals surface area contributed by atoms with Gasteiger partial charge >= 0.3 is 0 Å². The fraction of sp³-hybridized carbons (Fsp3) is 0.538. The van der Waals surface area contributed by atoms with Gasteiger partial charge in [-0.2, -0.15) is 5.10 Å². The summed E-state index contributed by atoms with van der Waals surface area (Å²) < 4.78 is 8.26. The number of thiazole rings is 1. The molecule has 0 spiro atoms. The smallest absolute Gasteiger partial charge is 0.122 e. The van der Waals surface area contributed by atoms with Crippen molar-refractivity contribution < 1.29 is 4.74 Å². The van der Waals surface area contributed by atoms with E-state index in [1.54, 1.807) is 18.4 Å². The fourth-order valence-corrected chi connectivity index (χ4v) is 3.35. The van der Waals surface area contributed by atoms with Crippen LogP contribution in [0, 0.1) is 0 Å². The van der Waals surface area contributed by atoms with Crippen molar-refractivity contribution in [3.05, 3.63) is 32.4 Å². The Morgan fingerprint density at radius 2 is 2.16 bits per heavy atom. The molecule has 2 rings (SSSR count). The van der Waals surface area contributed by atoms with Crippen LogP contribution >= 0.6 is 27.3 Å². The maximum absolute atomic E-state index is 5.27. The monoisotopic (exact) mass is 343 g/mol. The van der Waals surface area contributed by atoms with Crippen LogP contribution < -0.4 is 0 Å². The first kappa shape index (κ1) is 14.7.